The number of aliphatic hydroxyl groups excluding tert-OH is 3. The second-order valence-corrected chi connectivity index (χ2v) is 4.13. The number of aliphatic hydroxyl groups is 3. The Balaban J connectivity index is 2.35. The third-order valence-electron chi connectivity index (χ3n) is 2.64. The van der Waals surface area contributed by atoms with Crippen LogP contribution >= 0.6 is 12.2 Å². The van der Waals surface area contributed by atoms with Crippen LogP contribution in [0, 0.1) is 4.77 Å². The van der Waals surface area contributed by atoms with E-state index in [9.17, 15) is 15.0 Å². The topological polar surface area (TPSA) is 108 Å². The van der Waals surface area contributed by atoms with Gasteiger partial charge in [-0.3, -0.25) is 14.3 Å². The van der Waals surface area contributed by atoms with Crippen molar-refractivity contribution in [2.75, 3.05) is 6.61 Å². The first-order valence-electron chi connectivity index (χ1n) is 4.98. The predicted octanol–water partition coefficient (Wildman–Crippen LogP) is -1.48. The summed E-state index contributed by atoms with van der Waals surface area (Å²) in [6.07, 6.45) is -2.85. The summed E-state index contributed by atoms with van der Waals surface area (Å²) < 4.78 is 6.66. The largest absolute Gasteiger partial charge is 0.394 e. The SMILES string of the molecule is O=c1ccn([C@H]2O[C@@H](CO)[C@H](O)[C@H]2O)c(=S)[nH]1. The Labute approximate surface area is 101 Å². The average Bonchev–Trinajstić information content (AvgIpc) is 2.57. The lowest BCUT2D eigenvalue weighted by Gasteiger charge is -2.17. The van der Waals surface area contributed by atoms with Gasteiger partial charge >= 0.3 is 0 Å². The normalized spacial score (nSPS) is 32.9. The standard InChI is InChI=1S/C9H12N2O5S/c12-3-4-6(14)7(15)8(16-4)11-2-1-5(13)10-9(11)17/h1-2,4,6-8,12,14-15H,3H2,(H,10,13,17)/t4-,6-,7+,8-/m0/s1. The van der Waals surface area contributed by atoms with Gasteiger partial charge in [-0.15, -0.1) is 0 Å². The number of aromatic nitrogens is 2. The number of ether oxygens (including phenoxy) is 1. The average molecular weight is 260 g/mol. The summed E-state index contributed by atoms with van der Waals surface area (Å²) in [5, 5.41) is 28.3. The number of aromatic amines is 1. The summed E-state index contributed by atoms with van der Waals surface area (Å²) in [6.45, 7) is -0.411. The highest BCUT2D eigenvalue weighted by molar-refractivity contribution is 7.71. The van der Waals surface area contributed by atoms with Crippen molar-refractivity contribution < 1.29 is 20.1 Å². The Kier molecular flexibility index (Phi) is 3.40. The minimum Gasteiger partial charge on any atom is -0.394 e. The van der Waals surface area contributed by atoms with Crippen LogP contribution in [-0.2, 0) is 4.74 Å². The lowest BCUT2D eigenvalue weighted by atomic mass is 10.1. The Bertz CT molecular complexity index is 513. The molecule has 1 fully saturated rings. The van der Waals surface area contributed by atoms with E-state index >= 15 is 0 Å². The van der Waals surface area contributed by atoms with E-state index in [1.165, 1.54) is 16.8 Å². The molecule has 1 aliphatic rings. The van der Waals surface area contributed by atoms with Gasteiger partial charge in [0.1, 0.15) is 18.3 Å². The monoisotopic (exact) mass is 260 g/mol. The van der Waals surface area contributed by atoms with E-state index in [0.717, 1.165) is 0 Å². The number of nitrogens with one attached hydrogen (secondary N) is 1. The summed E-state index contributed by atoms with van der Waals surface area (Å²) in [4.78, 5) is 13.4. The second-order valence-electron chi connectivity index (χ2n) is 3.75. The molecule has 0 radical (unpaired) electrons. The summed E-state index contributed by atoms with van der Waals surface area (Å²) in [6, 6.07) is 1.23. The predicted molar refractivity (Wildman–Crippen MR) is 58.9 cm³/mol. The fraction of sp³-hybridized carbons (Fsp3) is 0.556. The maximum atomic E-state index is 11.0. The fourth-order valence-corrected chi connectivity index (χ4v) is 2.00. The minimum atomic E-state index is -1.22. The quantitative estimate of drug-likeness (QED) is 0.483. The molecule has 7 nitrogen and oxygen atoms in total. The van der Waals surface area contributed by atoms with E-state index in [4.69, 9.17) is 22.1 Å². The van der Waals surface area contributed by atoms with Crippen LogP contribution in [-0.4, -0.2) is 49.8 Å². The molecule has 0 spiro atoms. The van der Waals surface area contributed by atoms with Crippen LogP contribution in [0.2, 0.25) is 0 Å². The van der Waals surface area contributed by atoms with Gasteiger partial charge in [0.15, 0.2) is 11.0 Å². The first kappa shape index (κ1) is 12.4. The molecule has 0 amide bonds. The van der Waals surface area contributed by atoms with Crippen LogP contribution in [0.25, 0.3) is 0 Å². The maximum Gasteiger partial charge on any atom is 0.251 e. The maximum absolute atomic E-state index is 11.0. The van der Waals surface area contributed by atoms with Crippen molar-refractivity contribution in [1.82, 2.24) is 9.55 Å². The Morgan fingerprint density at radius 3 is 2.71 bits per heavy atom. The lowest BCUT2D eigenvalue weighted by molar-refractivity contribution is -0.0541. The van der Waals surface area contributed by atoms with Crippen molar-refractivity contribution in [2.45, 2.75) is 24.5 Å². The zero-order valence-electron chi connectivity index (χ0n) is 8.68. The van der Waals surface area contributed by atoms with Gasteiger partial charge < -0.3 is 20.1 Å². The molecule has 0 bridgehead atoms. The molecule has 4 atom stereocenters. The zero-order valence-corrected chi connectivity index (χ0v) is 9.50. The molecule has 1 saturated heterocycles. The number of hydrogen-bond donors (Lipinski definition) is 4. The van der Waals surface area contributed by atoms with E-state index in [1.54, 1.807) is 0 Å². The van der Waals surface area contributed by atoms with Gasteiger partial charge in [-0.05, 0) is 12.2 Å². The first-order valence-corrected chi connectivity index (χ1v) is 5.39. The molecule has 0 aliphatic carbocycles. The first-order chi connectivity index (χ1) is 8.04. The van der Waals surface area contributed by atoms with Gasteiger partial charge in [-0.25, -0.2) is 0 Å². The molecule has 17 heavy (non-hydrogen) atoms. The molecule has 1 aromatic rings. The van der Waals surface area contributed by atoms with Crippen molar-refractivity contribution in [1.29, 1.82) is 0 Å². The Morgan fingerprint density at radius 2 is 2.18 bits per heavy atom. The molecule has 4 N–H and O–H groups in total. The van der Waals surface area contributed by atoms with E-state index in [-0.39, 0.29) is 10.3 Å². The van der Waals surface area contributed by atoms with Crippen LogP contribution in [0.15, 0.2) is 17.1 Å². The van der Waals surface area contributed by atoms with Gasteiger partial charge in [0.25, 0.3) is 5.56 Å². The van der Waals surface area contributed by atoms with Gasteiger partial charge in [-0.2, -0.15) is 0 Å². The summed E-state index contributed by atoms with van der Waals surface area (Å²) in [5.41, 5.74) is -0.363. The van der Waals surface area contributed by atoms with Crippen molar-refractivity contribution in [2.24, 2.45) is 0 Å². The van der Waals surface area contributed by atoms with Crippen LogP contribution < -0.4 is 5.56 Å². The van der Waals surface area contributed by atoms with E-state index < -0.39 is 31.1 Å². The molecule has 94 valence electrons. The molecule has 0 aromatic carbocycles. The molecule has 2 rings (SSSR count). The number of nitrogens with zero attached hydrogens (tertiary/aromatic N) is 1. The smallest absolute Gasteiger partial charge is 0.251 e. The third kappa shape index (κ3) is 2.17. The molecular formula is C9H12N2O5S. The molecule has 0 unspecified atom stereocenters. The summed E-state index contributed by atoms with van der Waals surface area (Å²) >= 11 is 4.91. The molecule has 2 heterocycles. The highest BCUT2D eigenvalue weighted by Gasteiger charge is 2.43. The van der Waals surface area contributed by atoms with Crippen molar-refractivity contribution in [3.8, 4) is 0 Å². The van der Waals surface area contributed by atoms with Crippen LogP contribution in [0.3, 0.4) is 0 Å². The van der Waals surface area contributed by atoms with E-state index in [0.29, 0.717) is 0 Å². The minimum absolute atomic E-state index is 0.0762. The second kappa shape index (κ2) is 4.67. The fourth-order valence-electron chi connectivity index (χ4n) is 1.74. The van der Waals surface area contributed by atoms with Gasteiger partial charge in [0, 0.05) is 12.3 Å². The highest BCUT2D eigenvalue weighted by atomic mass is 32.1. The zero-order chi connectivity index (χ0) is 12.6. The van der Waals surface area contributed by atoms with Crippen molar-refractivity contribution in [3.05, 3.63) is 27.4 Å². The molecule has 0 saturated carbocycles. The Morgan fingerprint density at radius 1 is 1.47 bits per heavy atom. The number of rotatable bonds is 2. The number of H-pyrrole nitrogens is 1. The molecule has 1 aromatic heterocycles. The van der Waals surface area contributed by atoms with Gasteiger partial charge in [0.2, 0.25) is 0 Å². The third-order valence-corrected chi connectivity index (χ3v) is 2.96. The molecule has 8 heteroatoms. The van der Waals surface area contributed by atoms with Crippen LogP contribution in [0.5, 0.6) is 0 Å². The van der Waals surface area contributed by atoms with Crippen LogP contribution in [0.4, 0.5) is 0 Å². The van der Waals surface area contributed by atoms with Crippen LogP contribution in [0.1, 0.15) is 6.23 Å². The molecular weight excluding hydrogens is 248 g/mol. The molecule has 1 aliphatic heterocycles. The summed E-state index contributed by atoms with van der Waals surface area (Å²) in [7, 11) is 0. The van der Waals surface area contributed by atoms with Gasteiger partial charge in [0.05, 0.1) is 6.61 Å². The van der Waals surface area contributed by atoms with Crippen molar-refractivity contribution >= 4 is 12.2 Å². The Hall–Kier alpha value is -1.06. The van der Waals surface area contributed by atoms with Gasteiger partial charge in [-0.1, -0.05) is 0 Å². The highest BCUT2D eigenvalue weighted by Crippen LogP contribution is 2.28. The van der Waals surface area contributed by atoms with E-state index in [1.807, 2.05) is 0 Å². The summed E-state index contributed by atoms with van der Waals surface area (Å²) in [5.74, 6) is 0. The lowest BCUT2D eigenvalue weighted by Crippen LogP contribution is -2.33. The van der Waals surface area contributed by atoms with Crippen molar-refractivity contribution in [3.63, 3.8) is 0 Å². The number of hydrogen-bond acceptors (Lipinski definition) is 6. The van der Waals surface area contributed by atoms with E-state index in [2.05, 4.69) is 4.98 Å².